The molecule has 1 aliphatic carbocycles. The molecule has 0 bridgehead atoms. The third kappa shape index (κ3) is 5.12. The number of hydrogen-bond acceptors (Lipinski definition) is 3. The van der Waals surface area contributed by atoms with Crippen molar-refractivity contribution in [1.82, 2.24) is 0 Å². The Bertz CT molecular complexity index is 1080. The molecule has 0 heterocycles. The summed E-state index contributed by atoms with van der Waals surface area (Å²) < 4.78 is 5.33. The first-order valence-corrected chi connectivity index (χ1v) is 10.6. The number of carbonyl (C=O) groups is 2. The van der Waals surface area contributed by atoms with Crippen molar-refractivity contribution >= 4 is 23.2 Å². The lowest BCUT2D eigenvalue weighted by atomic mass is 9.81. The first kappa shape index (κ1) is 20.7. The van der Waals surface area contributed by atoms with Gasteiger partial charge in [-0.05, 0) is 78.8 Å². The largest absolute Gasteiger partial charge is 0.497 e. The Balaban J connectivity index is 1.40. The van der Waals surface area contributed by atoms with Crippen LogP contribution in [-0.4, -0.2) is 18.9 Å². The summed E-state index contributed by atoms with van der Waals surface area (Å²) in [5.41, 5.74) is 4.41. The number of amides is 2. The third-order valence-corrected chi connectivity index (χ3v) is 5.66. The molecule has 4 rings (SSSR count). The van der Waals surface area contributed by atoms with E-state index in [4.69, 9.17) is 4.74 Å². The third-order valence-electron chi connectivity index (χ3n) is 5.66. The monoisotopic (exact) mass is 414 g/mol. The molecule has 1 unspecified atom stereocenters. The molecule has 2 N–H and O–H groups in total. The van der Waals surface area contributed by atoms with Gasteiger partial charge in [-0.25, -0.2) is 0 Å². The molecule has 2 amide bonds. The van der Waals surface area contributed by atoms with Crippen LogP contribution in [0.25, 0.3) is 0 Å². The minimum Gasteiger partial charge on any atom is -0.497 e. The van der Waals surface area contributed by atoms with Crippen molar-refractivity contribution < 1.29 is 14.3 Å². The molecule has 0 spiro atoms. The van der Waals surface area contributed by atoms with E-state index in [1.54, 1.807) is 31.4 Å². The van der Waals surface area contributed by atoms with Gasteiger partial charge in [0.1, 0.15) is 5.75 Å². The van der Waals surface area contributed by atoms with Crippen LogP contribution in [0.15, 0.2) is 72.8 Å². The van der Waals surface area contributed by atoms with Gasteiger partial charge in [-0.2, -0.15) is 0 Å². The predicted molar refractivity (Wildman–Crippen MR) is 123 cm³/mol. The zero-order valence-electron chi connectivity index (χ0n) is 17.6. The minimum atomic E-state index is -0.182. The highest BCUT2D eigenvalue weighted by Gasteiger charge is 2.23. The second-order valence-electron chi connectivity index (χ2n) is 7.81. The molecule has 5 nitrogen and oxygen atoms in total. The number of ether oxygens (including phenoxy) is 1. The molecular weight excluding hydrogens is 388 g/mol. The Morgan fingerprint density at radius 3 is 2.48 bits per heavy atom. The maximum absolute atomic E-state index is 12.7. The van der Waals surface area contributed by atoms with Crippen LogP contribution in [0, 0.1) is 0 Å². The topological polar surface area (TPSA) is 67.4 Å². The number of aryl methyl sites for hydroxylation is 1. The van der Waals surface area contributed by atoms with Gasteiger partial charge in [0, 0.05) is 23.4 Å². The summed E-state index contributed by atoms with van der Waals surface area (Å²) in [6, 6.07) is 22.4. The molecule has 0 radical (unpaired) electrons. The van der Waals surface area contributed by atoms with E-state index in [2.05, 4.69) is 22.8 Å². The standard InChI is InChI=1S/C26H26N2O3/c1-31-23-13-14-24-19(15-23)9-5-10-20(24)16-25(29)27-21-11-6-12-22(17-21)28-26(30)18-7-3-2-4-8-18/h2-4,6-8,11-15,17,20H,5,9-10,16H2,1H3,(H,27,29)(H,28,30). The zero-order valence-corrected chi connectivity index (χ0v) is 17.6. The second kappa shape index (κ2) is 9.47. The van der Waals surface area contributed by atoms with Crippen molar-refractivity contribution in [3.8, 4) is 5.75 Å². The normalized spacial score (nSPS) is 14.9. The Labute approximate surface area is 182 Å². The number of rotatable bonds is 6. The summed E-state index contributed by atoms with van der Waals surface area (Å²) in [4.78, 5) is 25.1. The summed E-state index contributed by atoms with van der Waals surface area (Å²) in [6.07, 6.45) is 3.52. The van der Waals surface area contributed by atoms with Gasteiger partial charge in [-0.1, -0.05) is 30.3 Å². The molecule has 0 aliphatic heterocycles. The van der Waals surface area contributed by atoms with Crippen LogP contribution in [-0.2, 0) is 11.2 Å². The van der Waals surface area contributed by atoms with Gasteiger partial charge < -0.3 is 15.4 Å². The van der Waals surface area contributed by atoms with Crippen molar-refractivity contribution in [2.45, 2.75) is 31.6 Å². The maximum atomic E-state index is 12.7. The number of methoxy groups -OCH3 is 1. The fourth-order valence-corrected chi connectivity index (χ4v) is 4.13. The molecule has 5 heteroatoms. The molecule has 3 aromatic rings. The molecule has 0 saturated carbocycles. The molecule has 0 aromatic heterocycles. The van der Waals surface area contributed by atoms with Gasteiger partial charge in [0.2, 0.25) is 5.91 Å². The quantitative estimate of drug-likeness (QED) is 0.568. The zero-order chi connectivity index (χ0) is 21.6. The molecule has 31 heavy (non-hydrogen) atoms. The molecular formula is C26H26N2O3. The molecule has 158 valence electrons. The molecule has 0 saturated heterocycles. The van der Waals surface area contributed by atoms with Crippen LogP contribution in [0.5, 0.6) is 5.75 Å². The number of hydrogen-bond donors (Lipinski definition) is 2. The van der Waals surface area contributed by atoms with E-state index in [0.29, 0.717) is 23.4 Å². The first-order chi connectivity index (χ1) is 15.1. The van der Waals surface area contributed by atoms with E-state index in [1.165, 1.54) is 11.1 Å². The fraction of sp³-hybridized carbons (Fsp3) is 0.231. The van der Waals surface area contributed by atoms with E-state index < -0.39 is 0 Å². The Morgan fingerprint density at radius 1 is 0.935 bits per heavy atom. The smallest absolute Gasteiger partial charge is 0.255 e. The van der Waals surface area contributed by atoms with Crippen molar-refractivity contribution in [3.05, 3.63) is 89.5 Å². The molecule has 1 atom stereocenters. The summed E-state index contributed by atoms with van der Waals surface area (Å²) in [5, 5.41) is 5.86. The highest BCUT2D eigenvalue weighted by molar-refractivity contribution is 6.04. The van der Waals surface area contributed by atoms with E-state index >= 15 is 0 Å². The van der Waals surface area contributed by atoms with Gasteiger partial charge in [0.25, 0.3) is 5.91 Å². The van der Waals surface area contributed by atoms with Crippen molar-refractivity contribution in [3.63, 3.8) is 0 Å². The lowest BCUT2D eigenvalue weighted by Gasteiger charge is -2.25. The number of benzene rings is 3. The summed E-state index contributed by atoms with van der Waals surface area (Å²) in [7, 11) is 1.67. The van der Waals surface area contributed by atoms with Crippen molar-refractivity contribution in [1.29, 1.82) is 0 Å². The fourth-order valence-electron chi connectivity index (χ4n) is 4.13. The van der Waals surface area contributed by atoms with Crippen LogP contribution in [0.1, 0.15) is 46.7 Å². The summed E-state index contributed by atoms with van der Waals surface area (Å²) >= 11 is 0. The lowest BCUT2D eigenvalue weighted by molar-refractivity contribution is -0.116. The van der Waals surface area contributed by atoms with E-state index in [0.717, 1.165) is 25.0 Å². The summed E-state index contributed by atoms with van der Waals surface area (Å²) in [5.74, 6) is 0.854. The number of fused-ring (bicyclic) bond motifs is 1. The number of nitrogens with one attached hydrogen (secondary N) is 2. The molecule has 1 aliphatic rings. The van der Waals surface area contributed by atoms with Crippen LogP contribution >= 0.6 is 0 Å². The lowest BCUT2D eigenvalue weighted by Crippen LogP contribution is -2.19. The molecule has 3 aromatic carbocycles. The highest BCUT2D eigenvalue weighted by atomic mass is 16.5. The van der Waals surface area contributed by atoms with Crippen LogP contribution in [0.4, 0.5) is 11.4 Å². The van der Waals surface area contributed by atoms with Crippen LogP contribution in [0.3, 0.4) is 0 Å². The average molecular weight is 415 g/mol. The number of anilines is 2. The average Bonchev–Trinajstić information content (AvgIpc) is 2.79. The minimum absolute atomic E-state index is 0.0276. The Hall–Kier alpha value is -3.60. The van der Waals surface area contributed by atoms with Crippen molar-refractivity contribution in [2.24, 2.45) is 0 Å². The van der Waals surface area contributed by atoms with Gasteiger partial charge in [-0.15, -0.1) is 0 Å². The highest BCUT2D eigenvalue weighted by Crippen LogP contribution is 2.36. The number of carbonyl (C=O) groups excluding carboxylic acids is 2. The van der Waals surface area contributed by atoms with E-state index in [1.807, 2.05) is 36.4 Å². The van der Waals surface area contributed by atoms with Gasteiger partial charge in [0.05, 0.1) is 7.11 Å². The van der Waals surface area contributed by atoms with Gasteiger partial charge >= 0.3 is 0 Å². The predicted octanol–water partition coefficient (Wildman–Crippen LogP) is 5.40. The molecule has 0 fully saturated rings. The van der Waals surface area contributed by atoms with Gasteiger partial charge in [-0.3, -0.25) is 9.59 Å². The Morgan fingerprint density at radius 2 is 1.71 bits per heavy atom. The maximum Gasteiger partial charge on any atom is 0.255 e. The van der Waals surface area contributed by atoms with Crippen LogP contribution < -0.4 is 15.4 Å². The van der Waals surface area contributed by atoms with Crippen LogP contribution in [0.2, 0.25) is 0 Å². The van der Waals surface area contributed by atoms with Gasteiger partial charge in [0.15, 0.2) is 0 Å². The Kier molecular flexibility index (Phi) is 6.32. The summed E-state index contributed by atoms with van der Waals surface area (Å²) in [6.45, 7) is 0. The SMILES string of the molecule is COc1ccc2c(c1)CCCC2CC(=O)Nc1cccc(NC(=O)c2ccccc2)c1. The van der Waals surface area contributed by atoms with E-state index in [-0.39, 0.29) is 17.7 Å². The van der Waals surface area contributed by atoms with E-state index in [9.17, 15) is 9.59 Å². The second-order valence-corrected chi connectivity index (χ2v) is 7.81. The van der Waals surface area contributed by atoms with Crippen molar-refractivity contribution in [2.75, 3.05) is 17.7 Å². The first-order valence-electron chi connectivity index (χ1n) is 10.6.